The second kappa shape index (κ2) is 6.18. The van der Waals surface area contributed by atoms with Gasteiger partial charge in [0.2, 0.25) is 0 Å². The molecule has 22 heavy (non-hydrogen) atoms. The first-order valence-electron chi connectivity index (χ1n) is 7.35. The van der Waals surface area contributed by atoms with Crippen molar-refractivity contribution >= 4 is 28.3 Å². The molecule has 0 fully saturated rings. The number of fused-ring (bicyclic) bond motifs is 1. The Hall–Kier alpha value is -2.36. The molecule has 0 aliphatic heterocycles. The van der Waals surface area contributed by atoms with Crippen molar-refractivity contribution in [2.75, 3.05) is 5.32 Å². The Bertz CT molecular complexity index is 696. The van der Waals surface area contributed by atoms with Gasteiger partial charge >= 0.3 is 6.03 Å². The number of hydrogen-bond acceptors (Lipinski definition) is 2. The van der Waals surface area contributed by atoms with Gasteiger partial charge in [-0.3, -0.25) is 4.79 Å². The van der Waals surface area contributed by atoms with Crippen molar-refractivity contribution in [1.29, 1.82) is 0 Å². The van der Waals surface area contributed by atoms with Crippen molar-refractivity contribution < 1.29 is 9.59 Å². The van der Waals surface area contributed by atoms with Crippen LogP contribution in [0.2, 0.25) is 0 Å². The van der Waals surface area contributed by atoms with Crippen LogP contribution in [0.1, 0.15) is 27.7 Å². The number of urea groups is 1. The van der Waals surface area contributed by atoms with Gasteiger partial charge in [-0.1, -0.05) is 57.2 Å². The maximum absolute atomic E-state index is 12.2. The minimum atomic E-state index is -0.525. The molecule has 2 rings (SSSR count). The monoisotopic (exact) mass is 298 g/mol. The molecule has 0 radical (unpaired) electrons. The molecule has 1 unspecified atom stereocenters. The zero-order valence-electron chi connectivity index (χ0n) is 13.4. The van der Waals surface area contributed by atoms with Crippen LogP contribution in [0.25, 0.3) is 10.8 Å². The highest BCUT2D eigenvalue weighted by Crippen LogP contribution is 2.24. The van der Waals surface area contributed by atoms with Crippen LogP contribution in [0.15, 0.2) is 42.5 Å². The zero-order valence-corrected chi connectivity index (χ0v) is 13.4. The molecular weight excluding hydrogens is 276 g/mol. The van der Waals surface area contributed by atoms with E-state index >= 15 is 0 Å². The van der Waals surface area contributed by atoms with E-state index in [9.17, 15) is 9.59 Å². The van der Waals surface area contributed by atoms with Crippen molar-refractivity contribution in [2.45, 2.75) is 33.7 Å². The molecule has 2 aromatic carbocycles. The lowest BCUT2D eigenvalue weighted by molar-refractivity contribution is -0.120. The molecule has 2 N–H and O–H groups in total. The fourth-order valence-electron chi connectivity index (χ4n) is 2.55. The van der Waals surface area contributed by atoms with E-state index in [1.165, 1.54) is 6.92 Å². The van der Waals surface area contributed by atoms with Gasteiger partial charge < -0.3 is 10.6 Å². The van der Waals surface area contributed by atoms with Crippen LogP contribution in [0.4, 0.5) is 10.5 Å². The van der Waals surface area contributed by atoms with Gasteiger partial charge in [-0.25, -0.2) is 4.79 Å². The summed E-state index contributed by atoms with van der Waals surface area (Å²) in [5.74, 6) is -0.0550. The summed E-state index contributed by atoms with van der Waals surface area (Å²) in [7, 11) is 0. The molecule has 0 saturated carbocycles. The number of rotatable bonds is 3. The van der Waals surface area contributed by atoms with E-state index in [0.29, 0.717) is 0 Å². The zero-order chi connectivity index (χ0) is 16.3. The minimum absolute atomic E-state index is 0.0550. The fourth-order valence-corrected chi connectivity index (χ4v) is 2.55. The SMILES string of the molecule is CC(=O)C(NC(=O)Nc1cccc2ccccc12)C(C)(C)C. The van der Waals surface area contributed by atoms with Crippen molar-refractivity contribution in [2.24, 2.45) is 5.41 Å². The first kappa shape index (κ1) is 16.0. The lowest BCUT2D eigenvalue weighted by atomic mass is 9.84. The second-order valence-electron chi connectivity index (χ2n) is 6.53. The quantitative estimate of drug-likeness (QED) is 0.901. The standard InChI is InChI=1S/C18H22N2O2/c1-12(21)16(18(2,3)4)20-17(22)19-15-11-7-9-13-8-5-6-10-14(13)15/h5-11,16H,1-4H3,(H2,19,20,22). The van der Waals surface area contributed by atoms with E-state index in [-0.39, 0.29) is 17.2 Å². The van der Waals surface area contributed by atoms with Crippen LogP contribution in [0.5, 0.6) is 0 Å². The lowest BCUT2D eigenvalue weighted by Gasteiger charge is -2.29. The van der Waals surface area contributed by atoms with E-state index in [1.807, 2.05) is 63.2 Å². The third kappa shape index (κ3) is 3.64. The summed E-state index contributed by atoms with van der Waals surface area (Å²) in [4.78, 5) is 24.0. The van der Waals surface area contributed by atoms with Gasteiger partial charge in [0.25, 0.3) is 0 Å². The Morgan fingerprint density at radius 1 is 1.00 bits per heavy atom. The van der Waals surface area contributed by atoms with Gasteiger partial charge in [-0.2, -0.15) is 0 Å². The summed E-state index contributed by atoms with van der Waals surface area (Å²) in [5.41, 5.74) is 0.397. The van der Waals surface area contributed by atoms with Crippen LogP contribution in [0.3, 0.4) is 0 Å². The predicted octanol–water partition coefficient (Wildman–Crippen LogP) is 3.97. The molecule has 0 bridgehead atoms. The molecule has 4 heteroatoms. The summed E-state index contributed by atoms with van der Waals surface area (Å²) < 4.78 is 0. The number of ketones is 1. The number of benzene rings is 2. The minimum Gasteiger partial charge on any atom is -0.328 e. The molecule has 0 aromatic heterocycles. The maximum Gasteiger partial charge on any atom is 0.319 e. The van der Waals surface area contributed by atoms with E-state index in [1.54, 1.807) is 0 Å². The molecule has 1 atom stereocenters. The fraction of sp³-hybridized carbons (Fsp3) is 0.333. The highest BCUT2D eigenvalue weighted by Gasteiger charge is 2.30. The van der Waals surface area contributed by atoms with Crippen molar-refractivity contribution in [3.05, 3.63) is 42.5 Å². The van der Waals surface area contributed by atoms with Crippen molar-refractivity contribution in [3.63, 3.8) is 0 Å². The number of Topliss-reactive ketones (excluding diaryl/α,β-unsaturated/α-hetero) is 1. The highest BCUT2D eigenvalue weighted by atomic mass is 16.2. The first-order valence-corrected chi connectivity index (χ1v) is 7.35. The van der Waals surface area contributed by atoms with E-state index in [2.05, 4.69) is 10.6 Å². The average Bonchev–Trinajstić information content (AvgIpc) is 2.44. The molecule has 2 aromatic rings. The summed E-state index contributed by atoms with van der Waals surface area (Å²) >= 11 is 0. The molecule has 4 nitrogen and oxygen atoms in total. The van der Waals surface area contributed by atoms with E-state index in [4.69, 9.17) is 0 Å². The number of anilines is 1. The molecule has 0 aliphatic carbocycles. The third-order valence-electron chi connectivity index (χ3n) is 3.59. The van der Waals surface area contributed by atoms with Gasteiger partial charge in [0.1, 0.15) is 0 Å². The van der Waals surface area contributed by atoms with Gasteiger partial charge in [0, 0.05) is 5.39 Å². The number of hydrogen-bond donors (Lipinski definition) is 2. The molecule has 2 amide bonds. The van der Waals surface area contributed by atoms with Crippen molar-refractivity contribution in [3.8, 4) is 0 Å². The Balaban J connectivity index is 2.19. The average molecular weight is 298 g/mol. The van der Waals surface area contributed by atoms with Crippen LogP contribution in [-0.2, 0) is 4.79 Å². The Morgan fingerprint density at radius 2 is 1.64 bits per heavy atom. The maximum atomic E-state index is 12.2. The Kier molecular flexibility index (Phi) is 4.50. The smallest absolute Gasteiger partial charge is 0.319 e. The highest BCUT2D eigenvalue weighted by molar-refractivity contribution is 6.02. The lowest BCUT2D eigenvalue weighted by Crippen LogP contribution is -2.49. The molecular formula is C18H22N2O2. The van der Waals surface area contributed by atoms with Crippen LogP contribution < -0.4 is 10.6 Å². The molecule has 0 saturated heterocycles. The topological polar surface area (TPSA) is 58.2 Å². The largest absolute Gasteiger partial charge is 0.328 e. The van der Waals surface area contributed by atoms with Crippen LogP contribution >= 0.6 is 0 Å². The molecule has 0 spiro atoms. The number of amides is 2. The van der Waals surface area contributed by atoms with Gasteiger partial charge in [-0.15, -0.1) is 0 Å². The number of nitrogens with one attached hydrogen (secondary N) is 2. The second-order valence-corrected chi connectivity index (χ2v) is 6.53. The Labute approximate surface area is 130 Å². The molecule has 116 valence electrons. The van der Waals surface area contributed by atoms with Gasteiger partial charge in [0.05, 0.1) is 11.7 Å². The van der Waals surface area contributed by atoms with Crippen LogP contribution in [-0.4, -0.2) is 17.9 Å². The molecule has 0 heterocycles. The van der Waals surface area contributed by atoms with E-state index in [0.717, 1.165) is 16.5 Å². The summed E-state index contributed by atoms with van der Waals surface area (Å²) in [5, 5.41) is 7.63. The normalized spacial score (nSPS) is 12.7. The molecule has 0 aliphatic rings. The Morgan fingerprint density at radius 3 is 2.27 bits per heavy atom. The first-order chi connectivity index (χ1) is 10.3. The van der Waals surface area contributed by atoms with E-state index < -0.39 is 6.04 Å². The third-order valence-corrected chi connectivity index (χ3v) is 3.59. The summed E-state index contributed by atoms with van der Waals surface area (Å²) in [6.07, 6.45) is 0. The van der Waals surface area contributed by atoms with Gasteiger partial charge in [0.15, 0.2) is 5.78 Å². The van der Waals surface area contributed by atoms with Crippen LogP contribution in [0, 0.1) is 5.41 Å². The summed E-state index contributed by atoms with van der Waals surface area (Å²) in [6, 6.07) is 12.7. The van der Waals surface area contributed by atoms with Crippen molar-refractivity contribution in [1.82, 2.24) is 5.32 Å². The predicted molar refractivity (Wildman–Crippen MR) is 90.0 cm³/mol. The van der Waals surface area contributed by atoms with Gasteiger partial charge in [-0.05, 0) is 23.8 Å². The number of carbonyl (C=O) groups is 2. The summed E-state index contributed by atoms with van der Waals surface area (Å²) in [6.45, 7) is 7.28. The number of carbonyl (C=O) groups excluding carboxylic acids is 2.